The van der Waals surface area contributed by atoms with Crippen LogP contribution >= 0.6 is 0 Å². The van der Waals surface area contributed by atoms with Gasteiger partial charge in [-0.1, -0.05) is 12.1 Å². The van der Waals surface area contributed by atoms with E-state index in [1.165, 1.54) is 6.20 Å². The Labute approximate surface area is 175 Å². The fourth-order valence-corrected chi connectivity index (χ4v) is 3.65. The smallest absolute Gasteiger partial charge is 0.314 e. The number of hydrogen-bond acceptors (Lipinski definition) is 7. The van der Waals surface area contributed by atoms with Crippen LogP contribution in [-0.4, -0.2) is 48.6 Å². The number of nitrogen functional groups attached to an aromatic ring is 2. The number of benzene rings is 1. The molecule has 0 spiro atoms. The first-order chi connectivity index (χ1) is 14.3. The second-order valence-electron chi connectivity index (χ2n) is 7.48. The van der Waals surface area contributed by atoms with Gasteiger partial charge in [0, 0.05) is 32.5 Å². The second kappa shape index (κ2) is 8.81. The maximum absolute atomic E-state index is 13.0. The third kappa shape index (κ3) is 4.19. The van der Waals surface area contributed by atoms with Crippen LogP contribution < -0.4 is 21.7 Å². The van der Waals surface area contributed by atoms with Crippen molar-refractivity contribution in [1.82, 2.24) is 9.88 Å². The van der Waals surface area contributed by atoms with E-state index in [4.69, 9.17) is 16.9 Å². The number of nitrogens with zero attached hydrogens (tertiary/aromatic N) is 3. The average Bonchev–Trinajstić information content (AvgIpc) is 2.75. The van der Waals surface area contributed by atoms with Gasteiger partial charge in [0.15, 0.2) is 0 Å². The van der Waals surface area contributed by atoms with Gasteiger partial charge in [0.2, 0.25) is 0 Å². The van der Waals surface area contributed by atoms with Crippen molar-refractivity contribution in [3.63, 3.8) is 0 Å². The van der Waals surface area contributed by atoms with Crippen LogP contribution in [0.15, 0.2) is 30.5 Å². The molecule has 9 heteroatoms. The van der Waals surface area contributed by atoms with Crippen LogP contribution in [0.2, 0.25) is 0 Å². The molecular weight excluding hydrogens is 382 g/mol. The number of likely N-dealkylation sites (tertiary alicyclic amines) is 1. The minimum atomic E-state index is -0.792. The number of amides is 2. The van der Waals surface area contributed by atoms with Gasteiger partial charge >= 0.3 is 11.8 Å². The van der Waals surface area contributed by atoms with E-state index in [1.54, 1.807) is 4.90 Å². The molecule has 1 aromatic heterocycles. The summed E-state index contributed by atoms with van der Waals surface area (Å²) in [5.74, 6) is -1.33. The van der Waals surface area contributed by atoms with Crippen LogP contribution in [-0.2, 0) is 9.59 Å². The van der Waals surface area contributed by atoms with Crippen LogP contribution in [0.1, 0.15) is 36.4 Å². The third-order valence-electron chi connectivity index (χ3n) is 5.31. The van der Waals surface area contributed by atoms with E-state index in [0.29, 0.717) is 6.54 Å². The first-order valence-electron chi connectivity index (χ1n) is 9.77. The molecule has 1 atom stereocenters. The molecule has 0 radical (unpaired) electrons. The topological polar surface area (TPSA) is 141 Å². The Bertz CT molecular complexity index is 974. The molecule has 2 heterocycles. The van der Waals surface area contributed by atoms with E-state index in [-0.39, 0.29) is 28.8 Å². The molecule has 0 aliphatic carbocycles. The Hall–Kier alpha value is -3.62. The summed E-state index contributed by atoms with van der Waals surface area (Å²) >= 11 is 0. The molecule has 1 fully saturated rings. The molecule has 0 bridgehead atoms. The van der Waals surface area contributed by atoms with Crippen molar-refractivity contribution in [2.75, 3.05) is 42.3 Å². The van der Waals surface area contributed by atoms with Crippen molar-refractivity contribution in [1.29, 1.82) is 5.41 Å². The molecule has 0 unspecified atom stereocenters. The van der Waals surface area contributed by atoms with Gasteiger partial charge in [-0.25, -0.2) is 4.98 Å². The van der Waals surface area contributed by atoms with Crippen LogP contribution in [0.4, 0.5) is 22.9 Å². The van der Waals surface area contributed by atoms with Crippen LogP contribution in [0, 0.1) is 5.41 Å². The summed E-state index contributed by atoms with van der Waals surface area (Å²) < 4.78 is 0. The van der Waals surface area contributed by atoms with Crippen molar-refractivity contribution in [2.45, 2.75) is 25.3 Å². The van der Waals surface area contributed by atoms with Crippen molar-refractivity contribution < 1.29 is 9.59 Å². The molecule has 158 valence electrons. The van der Waals surface area contributed by atoms with Crippen LogP contribution in [0.5, 0.6) is 0 Å². The first kappa shape index (κ1) is 21.1. The highest BCUT2D eigenvalue weighted by Gasteiger charge is 2.32. The Morgan fingerprint density at radius 3 is 2.77 bits per heavy atom. The summed E-state index contributed by atoms with van der Waals surface area (Å²) in [6.07, 6.45) is 4.87. The van der Waals surface area contributed by atoms with E-state index in [1.807, 2.05) is 43.3 Å². The summed E-state index contributed by atoms with van der Waals surface area (Å²) in [6, 6.07) is 7.83. The summed E-state index contributed by atoms with van der Waals surface area (Å²) in [7, 11) is 3.92. The van der Waals surface area contributed by atoms with Gasteiger partial charge in [0.25, 0.3) is 0 Å². The molecule has 30 heavy (non-hydrogen) atoms. The highest BCUT2D eigenvalue weighted by molar-refractivity contribution is 6.40. The Morgan fingerprint density at radius 1 is 1.30 bits per heavy atom. The second-order valence-corrected chi connectivity index (χ2v) is 7.48. The number of carbonyl (C=O) groups is 2. The van der Waals surface area contributed by atoms with Gasteiger partial charge in [0.1, 0.15) is 5.82 Å². The highest BCUT2D eigenvalue weighted by atomic mass is 16.2. The summed E-state index contributed by atoms with van der Waals surface area (Å²) in [5.41, 5.74) is 14.2. The van der Waals surface area contributed by atoms with Gasteiger partial charge in [0.05, 0.1) is 29.2 Å². The van der Waals surface area contributed by atoms with Gasteiger partial charge in [-0.3, -0.25) is 9.59 Å². The van der Waals surface area contributed by atoms with E-state index >= 15 is 0 Å². The first-order valence-corrected chi connectivity index (χ1v) is 9.77. The SMILES string of the molecule is CN(C)c1cccc([C@@H]2CCCCN2C(=O)C(=O)Nc2cnc(N)c(C=N)c2N)c1. The fourth-order valence-electron chi connectivity index (χ4n) is 3.65. The van der Waals surface area contributed by atoms with Gasteiger partial charge < -0.3 is 32.0 Å². The number of nitrogens with one attached hydrogen (secondary N) is 2. The summed E-state index contributed by atoms with van der Waals surface area (Å²) in [5, 5.41) is 9.93. The minimum Gasteiger partial charge on any atom is -0.396 e. The van der Waals surface area contributed by atoms with E-state index in [9.17, 15) is 9.59 Å². The number of rotatable bonds is 4. The molecule has 2 aromatic rings. The van der Waals surface area contributed by atoms with E-state index in [2.05, 4.69) is 10.3 Å². The maximum atomic E-state index is 13.0. The Morgan fingerprint density at radius 2 is 2.07 bits per heavy atom. The van der Waals surface area contributed by atoms with Gasteiger partial charge in [-0.15, -0.1) is 0 Å². The number of piperidine rings is 1. The zero-order valence-corrected chi connectivity index (χ0v) is 17.2. The van der Waals surface area contributed by atoms with Crippen molar-refractivity contribution in [3.05, 3.63) is 41.6 Å². The number of carbonyl (C=O) groups excluding carboxylic acids is 2. The predicted molar refractivity (Wildman–Crippen MR) is 119 cm³/mol. The van der Waals surface area contributed by atoms with Crippen molar-refractivity contribution in [2.24, 2.45) is 0 Å². The maximum Gasteiger partial charge on any atom is 0.314 e. The molecule has 1 aromatic carbocycles. The molecule has 0 saturated carbocycles. The molecule has 3 rings (SSSR count). The largest absolute Gasteiger partial charge is 0.396 e. The lowest BCUT2D eigenvalue weighted by Crippen LogP contribution is -2.44. The zero-order chi connectivity index (χ0) is 21.8. The molecule has 1 saturated heterocycles. The number of pyridine rings is 1. The quantitative estimate of drug-likeness (QED) is 0.449. The number of aromatic nitrogens is 1. The monoisotopic (exact) mass is 409 g/mol. The van der Waals surface area contributed by atoms with E-state index in [0.717, 1.165) is 36.7 Å². The molecule has 1 aliphatic heterocycles. The molecular formula is C21H27N7O2. The standard InChI is InChI=1S/C21H27N7O2/c1-27(2)14-7-5-6-13(10-14)17-8-3-4-9-28(17)21(30)20(29)26-16-12-25-19(24)15(11-22)18(16)23/h5-7,10-12,17,22H,3-4,8-9H2,1-2H3,(H,26,29)(H4,23,24,25)/t17-/m0/s1. The normalized spacial score (nSPS) is 16.1. The Kier molecular flexibility index (Phi) is 6.20. The lowest BCUT2D eigenvalue weighted by molar-refractivity contribution is -0.145. The summed E-state index contributed by atoms with van der Waals surface area (Å²) in [6.45, 7) is 0.504. The predicted octanol–water partition coefficient (Wildman–Crippen LogP) is 2.00. The lowest BCUT2D eigenvalue weighted by atomic mass is 9.94. The summed E-state index contributed by atoms with van der Waals surface area (Å²) in [4.78, 5) is 33.3. The fraction of sp³-hybridized carbons (Fsp3) is 0.333. The molecule has 1 aliphatic rings. The minimum absolute atomic E-state index is 0.0868. The number of hydrogen-bond donors (Lipinski definition) is 4. The van der Waals surface area contributed by atoms with Crippen molar-refractivity contribution >= 4 is 40.9 Å². The van der Waals surface area contributed by atoms with Gasteiger partial charge in [-0.05, 0) is 37.0 Å². The van der Waals surface area contributed by atoms with Crippen LogP contribution in [0.3, 0.4) is 0 Å². The average molecular weight is 409 g/mol. The molecule has 2 amide bonds. The highest BCUT2D eigenvalue weighted by Crippen LogP contribution is 2.33. The lowest BCUT2D eigenvalue weighted by Gasteiger charge is -2.36. The Balaban J connectivity index is 1.83. The number of nitrogens with two attached hydrogens (primary N) is 2. The third-order valence-corrected chi connectivity index (χ3v) is 5.31. The van der Waals surface area contributed by atoms with Crippen molar-refractivity contribution in [3.8, 4) is 0 Å². The molecule has 9 nitrogen and oxygen atoms in total. The van der Waals surface area contributed by atoms with E-state index < -0.39 is 11.8 Å². The van der Waals surface area contributed by atoms with Gasteiger partial charge in [-0.2, -0.15) is 0 Å². The number of anilines is 4. The van der Waals surface area contributed by atoms with Crippen LogP contribution in [0.25, 0.3) is 0 Å². The molecule has 6 N–H and O–H groups in total. The zero-order valence-electron chi connectivity index (χ0n) is 17.2.